The summed E-state index contributed by atoms with van der Waals surface area (Å²) in [5, 5.41) is 11.9. The van der Waals surface area contributed by atoms with Crippen LogP contribution in [0.5, 0.6) is 0 Å². The van der Waals surface area contributed by atoms with Crippen LogP contribution in [0, 0.1) is 0 Å². The number of aliphatic hydroxyl groups is 1. The van der Waals surface area contributed by atoms with Crippen LogP contribution < -0.4 is 0 Å². The van der Waals surface area contributed by atoms with E-state index in [2.05, 4.69) is 18.1 Å². The van der Waals surface area contributed by atoms with Crippen LogP contribution >= 0.6 is 11.3 Å². The predicted molar refractivity (Wildman–Crippen MR) is 76.8 cm³/mol. The molecule has 1 atom stereocenters. The minimum Gasteiger partial charge on any atom is -0.389 e. The molecule has 0 fully saturated rings. The maximum Gasteiger partial charge on any atom is 0.0900 e. The van der Waals surface area contributed by atoms with E-state index in [1.54, 1.807) is 11.3 Å². The molecule has 18 heavy (non-hydrogen) atoms. The molecule has 1 heterocycles. The van der Waals surface area contributed by atoms with Crippen LogP contribution in [0.3, 0.4) is 0 Å². The average Bonchev–Trinajstić information content (AvgIpc) is 2.82. The summed E-state index contributed by atoms with van der Waals surface area (Å²) in [6.07, 6.45) is 3.16. The van der Waals surface area contributed by atoms with Gasteiger partial charge in [-0.1, -0.05) is 18.2 Å². The van der Waals surface area contributed by atoms with Gasteiger partial charge < -0.3 is 9.84 Å². The standard InChI is InChI=1S/C14H21NO2S/c1-3-7-15(8-4-2)10-13(16)11-17-12-14-6-5-9-18-14/h3-6,9,13,16H,1-2,7-8,10-12H2/t13-/m1/s1. The zero-order valence-electron chi connectivity index (χ0n) is 10.6. The molecule has 0 aliphatic rings. The van der Waals surface area contributed by atoms with Crippen molar-refractivity contribution in [3.63, 3.8) is 0 Å². The van der Waals surface area contributed by atoms with E-state index in [1.807, 2.05) is 29.7 Å². The van der Waals surface area contributed by atoms with E-state index in [-0.39, 0.29) is 0 Å². The third-order valence-electron chi connectivity index (χ3n) is 2.38. The molecule has 0 bridgehead atoms. The van der Waals surface area contributed by atoms with E-state index >= 15 is 0 Å². The fourth-order valence-electron chi connectivity index (χ4n) is 1.63. The summed E-state index contributed by atoms with van der Waals surface area (Å²) in [4.78, 5) is 3.25. The molecule has 0 radical (unpaired) electrons. The Morgan fingerprint density at radius 1 is 1.39 bits per heavy atom. The number of aliphatic hydroxyl groups excluding tert-OH is 1. The molecule has 1 rings (SSSR count). The van der Waals surface area contributed by atoms with Crippen molar-refractivity contribution in [2.45, 2.75) is 12.7 Å². The quantitative estimate of drug-likeness (QED) is 0.660. The highest BCUT2D eigenvalue weighted by atomic mass is 32.1. The topological polar surface area (TPSA) is 32.7 Å². The lowest BCUT2D eigenvalue weighted by Crippen LogP contribution is -2.35. The Morgan fingerprint density at radius 3 is 2.67 bits per heavy atom. The summed E-state index contributed by atoms with van der Waals surface area (Å²) < 4.78 is 5.48. The molecule has 100 valence electrons. The second-order valence-corrected chi connectivity index (χ2v) is 5.08. The molecule has 0 saturated carbocycles. The van der Waals surface area contributed by atoms with Crippen LogP contribution in [0.1, 0.15) is 4.88 Å². The van der Waals surface area contributed by atoms with Gasteiger partial charge in [0, 0.05) is 24.5 Å². The fourth-order valence-corrected chi connectivity index (χ4v) is 2.27. The van der Waals surface area contributed by atoms with Crippen molar-refractivity contribution in [3.05, 3.63) is 47.7 Å². The first-order valence-electron chi connectivity index (χ1n) is 5.98. The van der Waals surface area contributed by atoms with E-state index in [0.29, 0.717) is 19.8 Å². The van der Waals surface area contributed by atoms with E-state index in [1.165, 1.54) is 4.88 Å². The Labute approximate surface area is 113 Å². The average molecular weight is 267 g/mol. The third kappa shape index (κ3) is 6.12. The predicted octanol–water partition coefficient (Wildman–Crippen LogP) is 2.30. The maximum atomic E-state index is 9.87. The lowest BCUT2D eigenvalue weighted by molar-refractivity contribution is 0.0140. The zero-order chi connectivity index (χ0) is 13.2. The summed E-state index contributed by atoms with van der Waals surface area (Å²) >= 11 is 1.66. The molecule has 4 heteroatoms. The summed E-state index contributed by atoms with van der Waals surface area (Å²) in [6, 6.07) is 4.02. The van der Waals surface area contributed by atoms with Gasteiger partial charge in [-0.3, -0.25) is 4.90 Å². The van der Waals surface area contributed by atoms with Gasteiger partial charge in [0.25, 0.3) is 0 Å². The number of hydrogen-bond donors (Lipinski definition) is 1. The molecular weight excluding hydrogens is 246 g/mol. The van der Waals surface area contributed by atoms with Crippen LogP contribution in [0.15, 0.2) is 42.8 Å². The van der Waals surface area contributed by atoms with Gasteiger partial charge in [0.15, 0.2) is 0 Å². The monoisotopic (exact) mass is 267 g/mol. The van der Waals surface area contributed by atoms with Gasteiger partial charge >= 0.3 is 0 Å². The molecule has 0 aromatic carbocycles. The first kappa shape index (κ1) is 15.1. The first-order valence-corrected chi connectivity index (χ1v) is 6.86. The smallest absolute Gasteiger partial charge is 0.0900 e. The van der Waals surface area contributed by atoms with E-state index in [4.69, 9.17) is 4.74 Å². The zero-order valence-corrected chi connectivity index (χ0v) is 11.4. The highest BCUT2D eigenvalue weighted by Crippen LogP contribution is 2.09. The summed E-state index contributed by atoms with van der Waals surface area (Å²) in [6.45, 7) is 10.4. The van der Waals surface area contributed by atoms with E-state index < -0.39 is 6.10 Å². The molecule has 0 aliphatic carbocycles. The van der Waals surface area contributed by atoms with Gasteiger partial charge in [0.1, 0.15) is 0 Å². The molecule has 0 amide bonds. The number of hydrogen-bond acceptors (Lipinski definition) is 4. The summed E-state index contributed by atoms with van der Waals surface area (Å²) in [7, 11) is 0. The molecule has 3 nitrogen and oxygen atoms in total. The molecule has 0 saturated heterocycles. The Kier molecular flexibility index (Phi) is 7.60. The molecule has 0 aliphatic heterocycles. The van der Waals surface area contributed by atoms with Gasteiger partial charge in [-0.15, -0.1) is 24.5 Å². The van der Waals surface area contributed by atoms with Gasteiger partial charge in [0.05, 0.1) is 19.3 Å². The third-order valence-corrected chi connectivity index (χ3v) is 3.23. The second-order valence-electron chi connectivity index (χ2n) is 4.04. The van der Waals surface area contributed by atoms with Gasteiger partial charge in [-0.2, -0.15) is 0 Å². The van der Waals surface area contributed by atoms with E-state index in [0.717, 1.165) is 13.1 Å². The minimum absolute atomic E-state index is 0.350. The second kappa shape index (κ2) is 9.05. The van der Waals surface area contributed by atoms with Gasteiger partial charge in [-0.25, -0.2) is 0 Å². The molecule has 1 N–H and O–H groups in total. The number of rotatable bonds is 10. The van der Waals surface area contributed by atoms with Gasteiger partial charge in [0.2, 0.25) is 0 Å². The fraction of sp³-hybridized carbons (Fsp3) is 0.429. The lowest BCUT2D eigenvalue weighted by Gasteiger charge is -2.22. The van der Waals surface area contributed by atoms with Crippen LogP contribution in [0.4, 0.5) is 0 Å². The highest BCUT2D eigenvalue weighted by molar-refractivity contribution is 7.09. The molecule has 1 aromatic heterocycles. The van der Waals surface area contributed by atoms with Crippen LogP contribution in [0.2, 0.25) is 0 Å². The Bertz CT molecular complexity index is 328. The van der Waals surface area contributed by atoms with Crippen molar-refractivity contribution < 1.29 is 9.84 Å². The highest BCUT2D eigenvalue weighted by Gasteiger charge is 2.09. The van der Waals surface area contributed by atoms with Crippen molar-refractivity contribution in [2.24, 2.45) is 0 Å². The van der Waals surface area contributed by atoms with Crippen molar-refractivity contribution in [3.8, 4) is 0 Å². The van der Waals surface area contributed by atoms with Crippen LogP contribution in [-0.4, -0.2) is 42.4 Å². The van der Waals surface area contributed by atoms with Crippen molar-refractivity contribution in [2.75, 3.05) is 26.2 Å². The normalized spacial score (nSPS) is 12.6. The van der Waals surface area contributed by atoms with Crippen molar-refractivity contribution >= 4 is 11.3 Å². The lowest BCUT2D eigenvalue weighted by atomic mass is 10.3. The Balaban J connectivity index is 2.20. The number of nitrogens with zero attached hydrogens (tertiary/aromatic N) is 1. The van der Waals surface area contributed by atoms with Crippen molar-refractivity contribution in [1.29, 1.82) is 0 Å². The SMILES string of the molecule is C=CCN(CC=C)C[C@@H](O)COCc1cccs1. The molecule has 0 spiro atoms. The Hall–Kier alpha value is -0.940. The maximum absolute atomic E-state index is 9.87. The Morgan fingerprint density at radius 2 is 2.11 bits per heavy atom. The molecule has 0 unspecified atom stereocenters. The number of ether oxygens (including phenoxy) is 1. The first-order chi connectivity index (χ1) is 8.76. The van der Waals surface area contributed by atoms with Gasteiger partial charge in [-0.05, 0) is 11.4 Å². The number of thiophene rings is 1. The van der Waals surface area contributed by atoms with Crippen LogP contribution in [-0.2, 0) is 11.3 Å². The molecule has 1 aromatic rings. The van der Waals surface area contributed by atoms with Crippen molar-refractivity contribution in [1.82, 2.24) is 4.90 Å². The summed E-state index contributed by atoms with van der Waals surface area (Å²) in [5.41, 5.74) is 0. The largest absolute Gasteiger partial charge is 0.389 e. The van der Waals surface area contributed by atoms with Crippen LogP contribution in [0.25, 0.3) is 0 Å². The molecular formula is C14H21NO2S. The minimum atomic E-state index is -0.482. The summed E-state index contributed by atoms with van der Waals surface area (Å²) in [5.74, 6) is 0. The van der Waals surface area contributed by atoms with E-state index in [9.17, 15) is 5.11 Å².